The Hall–Kier alpha value is -1.48. The summed E-state index contributed by atoms with van der Waals surface area (Å²) in [5, 5.41) is 2.45. The fraction of sp³-hybridized carbons (Fsp3) is 0.214. The molecule has 0 unspecified atom stereocenters. The van der Waals surface area contributed by atoms with E-state index in [0.717, 1.165) is 4.90 Å². The van der Waals surface area contributed by atoms with Crippen molar-refractivity contribution >= 4 is 28.4 Å². The van der Waals surface area contributed by atoms with Crippen LogP contribution >= 0.6 is 11.8 Å². The standard InChI is InChI=1S/C14H15NOS/c1-15(2)14(16)10-17-13-8-7-11-5-3-4-6-12(11)9-13/h3-9H,10H2,1-2H3. The van der Waals surface area contributed by atoms with Crippen molar-refractivity contribution in [1.82, 2.24) is 4.90 Å². The Morgan fingerprint density at radius 2 is 1.82 bits per heavy atom. The molecule has 0 heterocycles. The molecule has 0 N–H and O–H groups in total. The van der Waals surface area contributed by atoms with Crippen molar-refractivity contribution in [3.63, 3.8) is 0 Å². The molecule has 17 heavy (non-hydrogen) atoms. The van der Waals surface area contributed by atoms with Crippen molar-refractivity contribution in [1.29, 1.82) is 0 Å². The molecule has 1 amide bonds. The zero-order valence-electron chi connectivity index (χ0n) is 10.0. The number of nitrogens with zero attached hydrogens (tertiary/aromatic N) is 1. The van der Waals surface area contributed by atoms with Gasteiger partial charge in [-0.05, 0) is 22.9 Å². The number of hydrogen-bond donors (Lipinski definition) is 0. The van der Waals surface area contributed by atoms with Crippen LogP contribution in [0.5, 0.6) is 0 Å². The second-order valence-corrected chi connectivity index (χ2v) is 5.13. The van der Waals surface area contributed by atoms with Gasteiger partial charge in [0.15, 0.2) is 0 Å². The van der Waals surface area contributed by atoms with Crippen LogP contribution in [0.4, 0.5) is 0 Å². The van der Waals surface area contributed by atoms with E-state index < -0.39 is 0 Å². The minimum Gasteiger partial charge on any atom is -0.348 e. The van der Waals surface area contributed by atoms with E-state index in [0.29, 0.717) is 5.75 Å². The van der Waals surface area contributed by atoms with Gasteiger partial charge in [0.05, 0.1) is 5.75 Å². The number of amides is 1. The number of carbonyl (C=O) groups excluding carboxylic acids is 1. The molecular weight excluding hydrogens is 230 g/mol. The third-order valence-corrected chi connectivity index (χ3v) is 3.56. The van der Waals surface area contributed by atoms with E-state index in [9.17, 15) is 4.79 Å². The Kier molecular flexibility index (Phi) is 3.69. The van der Waals surface area contributed by atoms with Crippen LogP contribution in [0.25, 0.3) is 10.8 Å². The molecule has 0 fully saturated rings. The number of carbonyl (C=O) groups is 1. The average molecular weight is 245 g/mol. The minimum absolute atomic E-state index is 0.142. The highest BCUT2D eigenvalue weighted by Gasteiger charge is 2.05. The third kappa shape index (κ3) is 3.01. The van der Waals surface area contributed by atoms with Gasteiger partial charge in [0.1, 0.15) is 0 Å². The Morgan fingerprint density at radius 3 is 2.53 bits per heavy atom. The molecule has 0 aliphatic carbocycles. The zero-order valence-corrected chi connectivity index (χ0v) is 10.8. The summed E-state index contributed by atoms with van der Waals surface area (Å²) in [6.07, 6.45) is 0. The highest BCUT2D eigenvalue weighted by atomic mass is 32.2. The van der Waals surface area contributed by atoms with Crippen molar-refractivity contribution in [2.75, 3.05) is 19.8 Å². The molecule has 3 heteroatoms. The highest BCUT2D eigenvalue weighted by Crippen LogP contribution is 2.23. The van der Waals surface area contributed by atoms with Crippen LogP contribution in [0.3, 0.4) is 0 Å². The van der Waals surface area contributed by atoms with Gasteiger partial charge < -0.3 is 4.90 Å². The quantitative estimate of drug-likeness (QED) is 0.775. The van der Waals surface area contributed by atoms with E-state index >= 15 is 0 Å². The van der Waals surface area contributed by atoms with E-state index in [1.807, 2.05) is 12.1 Å². The highest BCUT2D eigenvalue weighted by molar-refractivity contribution is 8.00. The average Bonchev–Trinajstić information content (AvgIpc) is 2.35. The lowest BCUT2D eigenvalue weighted by Gasteiger charge is -2.09. The van der Waals surface area contributed by atoms with Crippen LogP contribution in [-0.2, 0) is 4.79 Å². The monoisotopic (exact) mass is 245 g/mol. The predicted molar refractivity (Wildman–Crippen MR) is 73.4 cm³/mol. The molecular formula is C14H15NOS. The first-order chi connectivity index (χ1) is 8.16. The van der Waals surface area contributed by atoms with Gasteiger partial charge in [-0.1, -0.05) is 30.3 Å². The molecule has 2 aromatic rings. The van der Waals surface area contributed by atoms with Crippen molar-refractivity contribution < 1.29 is 4.79 Å². The van der Waals surface area contributed by atoms with E-state index in [1.165, 1.54) is 10.8 Å². The summed E-state index contributed by atoms with van der Waals surface area (Å²) in [6, 6.07) is 14.5. The Morgan fingerprint density at radius 1 is 1.12 bits per heavy atom. The maximum absolute atomic E-state index is 11.5. The molecule has 2 rings (SSSR count). The van der Waals surface area contributed by atoms with Crippen LogP contribution in [-0.4, -0.2) is 30.7 Å². The summed E-state index contributed by atoms with van der Waals surface area (Å²) in [6.45, 7) is 0. The van der Waals surface area contributed by atoms with Gasteiger partial charge in [0.25, 0.3) is 0 Å². The first kappa shape index (κ1) is 12.0. The largest absolute Gasteiger partial charge is 0.348 e. The molecule has 0 spiro atoms. The van der Waals surface area contributed by atoms with Crippen molar-refractivity contribution in [3.05, 3.63) is 42.5 Å². The second-order valence-electron chi connectivity index (χ2n) is 4.09. The van der Waals surface area contributed by atoms with Crippen molar-refractivity contribution in [2.24, 2.45) is 0 Å². The maximum atomic E-state index is 11.5. The summed E-state index contributed by atoms with van der Waals surface area (Å²) < 4.78 is 0. The lowest BCUT2D eigenvalue weighted by molar-refractivity contribution is -0.125. The second kappa shape index (κ2) is 5.23. The Bertz CT molecular complexity index is 536. The smallest absolute Gasteiger partial charge is 0.232 e. The molecule has 88 valence electrons. The molecule has 0 saturated heterocycles. The van der Waals surface area contributed by atoms with E-state index in [4.69, 9.17) is 0 Å². The topological polar surface area (TPSA) is 20.3 Å². The molecule has 2 aromatic carbocycles. The third-order valence-electron chi connectivity index (χ3n) is 2.58. The van der Waals surface area contributed by atoms with Crippen LogP contribution in [0.2, 0.25) is 0 Å². The molecule has 2 nitrogen and oxygen atoms in total. The van der Waals surface area contributed by atoms with Crippen LogP contribution in [0.15, 0.2) is 47.4 Å². The predicted octanol–water partition coefficient (Wildman–Crippen LogP) is 3.02. The number of fused-ring (bicyclic) bond motifs is 1. The lowest BCUT2D eigenvalue weighted by Crippen LogP contribution is -2.23. The Balaban J connectivity index is 2.12. The van der Waals surface area contributed by atoms with E-state index in [1.54, 1.807) is 30.8 Å². The number of hydrogen-bond acceptors (Lipinski definition) is 2. The van der Waals surface area contributed by atoms with Gasteiger partial charge in [-0.25, -0.2) is 0 Å². The summed E-state index contributed by atoms with van der Waals surface area (Å²) >= 11 is 1.58. The lowest BCUT2D eigenvalue weighted by atomic mass is 10.1. The van der Waals surface area contributed by atoms with Gasteiger partial charge in [-0.2, -0.15) is 0 Å². The molecule has 0 aliphatic rings. The van der Waals surface area contributed by atoms with E-state index in [-0.39, 0.29) is 5.91 Å². The minimum atomic E-state index is 0.142. The fourth-order valence-electron chi connectivity index (χ4n) is 1.53. The normalized spacial score (nSPS) is 10.5. The SMILES string of the molecule is CN(C)C(=O)CSc1ccc2ccccc2c1. The summed E-state index contributed by atoms with van der Waals surface area (Å²) in [7, 11) is 3.56. The first-order valence-corrected chi connectivity index (χ1v) is 6.47. The molecule has 0 saturated carbocycles. The van der Waals surface area contributed by atoms with Crippen molar-refractivity contribution in [3.8, 4) is 0 Å². The molecule has 0 aromatic heterocycles. The fourth-order valence-corrected chi connectivity index (χ4v) is 2.45. The van der Waals surface area contributed by atoms with Gasteiger partial charge in [-0.3, -0.25) is 4.79 Å². The molecule has 0 radical (unpaired) electrons. The molecule has 0 atom stereocenters. The van der Waals surface area contributed by atoms with Gasteiger partial charge in [0.2, 0.25) is 5.91 Å². The van der Waals surface area contributed by atoms with Gasteiger partial charge in [-0.15, -0.1) is 11.8 Å². The number of rotatable bonds is 3. The van der Waals surface area contributed by atoms with Crippen LogP contribution in [0, 0.1) is 0 Å². The van der Waals surface area contributed by atoms with E-state index in [2.05, 4.69) is 30.3 Å². The number of thioether (sulfide) groups is 1. The summed E-state index contributed by atoms with van der Waals surface area (Å²) in [5.74, 6) is 0.633. The molecule has 0 aliphatic heterocycles. The zero-order chi connectivity index (χ0) is 12.3. The summed E-state index contributed by atoms with van der Waals surface area (Å²) in [4.78, 5) is 14.2. The maximum Gasteiger partial charge on any atom is 0.232 e. The van der Waals surface area contributed by atoms with Gasteiger partial charge in [0, 0.05) is 19.0 Å². The van der Waals surface area contributed by atoms with Gasteiger partial charge >= 0.3 is 0 Å². The van der Waals surface area contributed by atoms with Crippen LogP contribution < -0.4 is 0 Å². The first-order valence-electron chi connectivity index (χ1n) is 5.48. The van der Waals surface area contributed by atoms with Crippen molar-refractivity contribution in [2.45, 2.75) is 4.90 Å². The Labute approximate surface area is 106 Å². The van der Waals surface area contributed by atoms with Crippen LogP contribution in [0.1, 0.15) is 0 Å². The summed E-state index contributed by atoms with van der Waals surface area (Å²) in [5.41, 5.74) is 0. The number of benzene rings is 2. The molecule has 0 bridgehead atoms.